The first kappa shape index (κ1) is 33.0. The molecule has 3 rings (SSSR count). The predicted molar refractivity (Wildman–Crippen MR) is 149 cm³/mol. The molecule has 2 aromatic heterocycles. The maximum absolute atomic E-state index is 12.7. The van der Waals surface area contributed by atoms with Crippen LogP contribution in [0.4, 0.5) is 10.5 Å². The van der Waals surface area contributed by atoms with Gasteiger partial charge in [-0.3, -0.25) is 9.69 Å². The van der Waals surface area contributed by atoms with E-state index in [4.69, 9.17) is 16.3 Å². The largest absolute Gasteiger partial charge is 1.00 e. The van der Waals surface area contributed by atoms with Gasteiger partial charge >= 0.3 is 35.7 Å². The zero-order chi connectivity index (χ0) is 28.3. The summed E-state index contributed by atoms with van der Waals surface area (Å²) in [6, 6.07) is 8.30. The molecule has 0 saturated heterocycles. The molecule has 0 unspecified atom stereocenters. The third-order valence-corrected chi connectivity index (χ3v) is 7.37. The van der Waals surface area contributed by atoms with Crippen LogP contribution in [0.3, 0.4) is 0 Å². The van der Waals surface area contributed by atoms with Crippen LogP contribution >= 0.6 is 11.6 Å². The summed E-state index contributed by atoms with van der Waals surface area (Å²) < 4.78 is 33.8. The number of aromatic nitrogens is 3. The van der Waals surface area contributed by atoms with E-state index in [2.05, 4.69) is 14.7 Å². The molecule has 2 amide bonds. The van der Waals surface area contributed by atoms with Gasteiger partial charge in [0.15, 0.2) is 5.65 Å². The van der Waals surface area contributed by atoms with Crippen molar-refractivity contribution >= 4 is 50.5 Å². The van der Waals surface area contributed by atoms with Crippen LogP contribution in [0, 0.1) is 6.92 Å². The van der Waals surface area contributed by atoms with Crippen LogP contribution in [0.2, 0.25) is 5.02 Å². The number of aryl methyl sites for hydroxylation is 1. The standard InChI is InChI=1S/C26H34ClN5O5S.Na.H/c1-7-8-9-14-38(35,36)30-24(33)22-13-12-21-23(29-22)32(17(2)28-21)16-18-10-11-19(15-20(18)27)31(6)25(34)37-26(3,4)5;;/h10-13,15H,7-9,14,16H2,1-6H3,(H,30,33);;/q;+1;-1. The minimum atomic E-state index is -3.76. The van der Waals surface area contributed by atoms with E-state index in [0.717, 1.165) is 18.4 Å². The molecule has 1 N–H and O–H groups in total. The molecule has 13 heteroatoms. The van der Waals surface area contributed by atoms with E-state index in [-0.39, 0.29) is 42.4 Å². The van der Waals surface area contributed by atoms with Gasteiger partial charge in [-0.25, -0.2) is 27.9 Å². The Balaban J connectivity index is 0.00000400. The molecule has 0 aliphatic rings. The number of halogens is 1. The molecule has 39 heavy (non-hydrogen) atoms. The molecule has 208 valence electrons. The molecule has 0 fully saturated rings. The topological polar surface area (TPSA) is 123 Å². The van der Waals surface area contributed by atoms with E-state index in [9.17, 15) is 18.0 Å². The van der Waals surface area contributed by atoms with E-state index in [1.807, 2.05) is 6.92 Å². The number of hydrogen-bond donors (Lipinski definition) is 1. The zero-order valence-corrected chi connectivity index (χ0v) is 27.1. The average Bonchev–Trinajstić information content (AvgIpc) is 3.12. The fraction of sp³-hybridized carbons (Fsp3) is 0.462. The fourth-order valence-corrected chi connectivity index (χ4v) is 5.00. The first-order valence-electron chi connectivity index (χ1n) is 12.3. The van der Waals surface area contributed by atoms with E-state index < -0.39 is 27.6 Å². The molecule has 0 atom stereocenters. The van der Waals surface area contributed by atoms with Crippen LogP contribution in [-0.2, 0) is 21.3 Å². The molecule has 0 aliphatic heterocycles. The Labute approximate surface area is 258 Å². The number of benzene rings is 1. The number of carbonyl (C=O) groups excluding carboxylic acids is 2. The molecule has 1 aromatic carbocycles. The number of sulfonamides is 1. The molecule has 0 spiro atoms. The van der Waals surface area contributed by atoms with Crippen molar-refractivity contribution < 1.29 is 53.7 Å². The van der Waals surface area contributed by atoms with Gasteiger partial charge in [-0.1, -0.05) is 37.4 Å². The summed E-state index contributed by atoms with van der Waals surface area (Å²) in [5.74, 6) is -0.270. The number of anilines is 1. The second-order valence-electron chi connectivity index (χ2n) is 10.1. The fourth-order valence-electron chi connectivity index (χ4n) is 3.70. The summed E-state index contributed by atoms with van der Waals surface area (Å²) in [6.45, 7) is 9.45. The van der Waals surface area contributed by atoms with Gasteiger partial charge in [-0.15, -0.1) is 0 Å². The molecular weight excluding hydrogens is 553 g/mol. The maximum Gasteiger partial charge on any atom is 1.00 e. The van der Waals surface area contributed by atoms with Crippen molar-refractivity contribution in [1.82, 2.24) is 19.3 Å². The van der Waals surface area contributed by atoms with Crippen LogP contribution in [0.5, 0.6) is 0 Å². The Morgan fingerprint density at radius 2 is 1.85 bits per heavy atom. The van der Waals surface area contributed by atoms with Crippen molar-refractivity contribution in [3.8, 4) is 0 Å². The van der Waals surface area contributed by atoms with Gasteiger partial charge in [0, 0.05) is 17.8 Å². The van der Waals surface area contributed by atoms with Crippen LogP contribution in [0.15, 0.2) is 30.3 Å². The van der Waals surface area contributed by atoms with Gasteiger partial charge < -0.3 is 10.7 Å². The summed E-state index contributed by atoms with van der Waals surface area (Å²) in [7, 11) is -2.15. The molecule has 0 bridgehead atoms. The van der Waals surface area contributed by atoms with Gasteiger partial charge in [-0.2, -0.15) is 0 Å². The summed E-state index contributed by atoms with van der Waals surface area (Å²) in [5, 5.41) is 0.422. The number of carbonyl (C=O) groups is 2. The molecule has 10 nitrogen and oxygen atoms in total. The Kier molecular flexibility index (Phi) is 11.4. The van der Waals surface area contributed by atoms with E-state index in [0.29, 0.717) is 40.7 Å². The van der Waals surface area contributed by atoms with Gasteiger partial charge in [0.05, 0.1) is 12.3 Å². The number of fused-ring (bicyclic) bond motifs is 1. The zero-order valence-electron chi connectivity index (χ0n) is 24.5. The number of nitrogens with zero attached hydrogens (tertiary/aromatic N) is 4. The Bertz CT molecular complexity index is 1460. The Morgan fingerprint density at radius 1 is 1.15 bits per heavy atom. The third-order valence-electron chi connectivity index (χ3n) is 5.70. The normalized spacial score (nSPS) is 11.7. The molecule has 3 aromatic rings. The smallest absolute Gasteiger partial charge is 1.00 e. The number of unbranched alkanes of at least 4 members (excludes halogenated alkanes) is 2. The first-order chi connectivity index (χ1) is 17.7. The quantitative estimate of drug-likeness (QED) is 0.301. The third kappa shape index (κ3) is 8.91. The molecule has 0 radical (unpaired) electrons. The van der Waals surface area contributed by atoms with E-state index >= 15 is 0 Å². The average molecular weight is 588 g/mol. The van der Waals surface area contributed by atoms with Gasteiger partial charge in [0.1, 0.15) is 22.6 Å². The Hall–Kier alpha value is -2.18. The summed E-state index contributed by atoms with van der Waals surface area (Å²) in [6.07, 6.45) is 1.61. The van der Waals surface area contributed by atoms with Gasteiger partial charge in [0.2, 0.25) is 10.0 Å². The maximum atomic E-state index is 12.7. The minimum Gasteiger partial charge on any atom is -1.00 e. The van der Waals surface area contributed by atoms with E-state index in [1.165, 1.54) is 11.0 Å². The van der Waals surface area contributed by atoms with Crippen molar-refractivity contribution in [2.45, 2.75) is 66.0 Å². The monoisotopic (exact) mass is 587 g/mol. The van der Waals surface area contributed by atoms with Crippen LogP contribution in [-0.4, -0.2) is 53.4 Å². The van der Waals surface area contributed by atoms with Crippen molar-refractivity contribution in [3.05, 3.63) is 52.4 Å². The second kappa shape index (κ2) is 13.5. The van der Waals surface area contributed by atoms with Gasteiger partial charge in [-0.05, 0) is 63.9 Å². The van der Waals surface area contributed by atoms with Crippen LogP contribution < -0.4 is 39.2 Å². The summed E-state index contributed by atoms with van der Waals surface area (Å²) >= 11 is 6.57. The predicted octanol–water partition coefficient (Wildman–Crippen LogP) is 2.18. The van der Waals surface area contributed by atoms with Crippen molar-refractivity contribution in [2.75, 3.05) is 17.7 Å². The van der Waals surface area contributed by atoms with Crippen LogP contribution in [0.25, 0.3) is 11.2 Å². The molecule has 0 aliphatic carbocycles. The molecule has 2 heterocycles. The van der Waals surface area contributed by atoms with E-state index in [1.54, 1.807) is 63.6 Å². The van der Waals surface area contributed by atoms with Crippen molar-refractivity contribution in [3.63, 3.8) is 0 Å². The summed E-state index contributed by atoms with van der Waals surface area (Å²) in [5.41, 5.74) is 1.63. The Morgan fingerprint density at radius 3 is 2.46 bits per heavy atom. The number of nitrogens with one attached hydrogen (secondary N) is 1. The number of rotatable bonds is 9. The SMILES string of the molecule is CCCCCS(=O)(=O)NC(=O)c1ccc2nc(C)n(Cc3ccc(N(C)C(=O)OC(C)(C)C)cc3Cl)c2n1.[H-].[Na+]. The number of pyridine rings is 1. The van der Waals surface area contributed by atoms with Crippen LogP contribution in [0.1, 0.15) is 70.3 Å². The number of ether oxygens (including phenoxy) is 1. The van der Waals surface area contributed by atoms with Gasteiger partial charge in [0.25, 0.3) is 5.91 Å². The number of amides is 2. The van der Waals surface area contributed by atoms with Crippen molar-refractivity contribution in [1.29, 1.82) is 0 Å². The number of hydrogen-bond acceptors (Lipinski definition) is 7. The first-order valence-corrected chi connectivity index (χ1v) is 14.4. The minimum absolute atomic E-state index is 0. The molecular formula is C26H35ClN5NaO5S. The number of imidazole rings is 1. The summed E-state index contributed by atoms with van der Waals surface area (Å²) in [4.78, 5) is 35.4. The second-order valence-corrected chi connectivity index (χ2v) is 12.3. The van der Waals surface area contributed by atoms with Crippen molar-refractivity contribution in [2.24, 2.45) is 0 Å². The molecule has 0 saturated carbocycles.